The highest BCUT2D eigenvalue weighted by Gasteiger charge is 2.45. The predicted molar refractivity (Wildman–Crippen MR) is 90.3 cm³/mol. The van der Waals surface area contributed by atoms with Crippen molar-refractivity contribution < 1.29 is 29.6 Å². The van der Waals surface area contributed by atoms with Crippen molar-refractivity contribution in [3.8, 4) is 0 Å². The second-order valence-electron chi connectivity index (χ2n) is 5.58. The SMILES string of the molecule is C=CCNC(=O)c1ncn([C@@H]2O[C@H](CO)[C@@H](O)[C@H]2O)c1C(=O)NCC=C. The van der Waals surface area contributed by atoms with Crippen LogP contribution in [0.25, 0.3) is 0 Å². The van der Waals surface area contributed by atoms with E-state index in [1.165, 1.54) is 12.2 Å². The van der Waals surface area contributed by atoms with Crippen molar-refractivity contribution in [3.63, 3.8) is 0 Å². The quantitative estimate of drug-likeness (QED) is 0.346. The lowest BCUT2D eigenvalue weighted by Crippen LogP contribution is -2.35. The molecule has 142 valence electrons. The Morgan fingerprint density at radius 2 is 1.81 bits per heavy atom. The fourth-order valence-corrected chi connectivity index (χ4v) is 2.55. The maximum absolute atomic E-state index is 12.5. The molecule has 0 unspecified atom stereocenters. The summed E-state index contributed by atoms with van der Waals surface area (Å²) in [6, 6.07) is 0. The Morgan fingerprint density at radius 1 is 1.19 bits per heavy atom. The van der Waals surface area contributed by atoms with Gasteiger partial charge in [-0.15, -0.1) is 13.2 Å². The maximum atomic E-state index is 12.5. The minimum Gasteiger partial charge on any atom is -0.394 e. The third kappa shape index (κ3) is 3.83. The van der Waals surface area contributed by atoms with Gasteiger partial charge in [0.05, 0.1) is 12.9 Å². The summed E-state index contributed by atoms with van der Waals surface area (Å²) < 4.78 is 6.57. The number of ether oxygens (including phenoxy) is 1. The summed E-state index contributed by atoms with van der Waals surface area (Å²) in [6.07, 6.45) is -0.905. The summed E-state index contributed by atoms with van der Waals surface area (Å²) in [4.78, 5) is 28.7. The zero-order valence-electron chi connectivity index (χ0n) is 14.0. The van der Waals surface area contributed by atoms with E-state index < -0.39 is 43.0 Å². The summed E-state index contributed by atoms with van der Waals surface area (Å²) in [5.41, 5.74) is -0.325. The van der Waals surface area contributed by atoms with Crippen molar-refractivity contribution in [1.82, 2.24) is 20.2 Å². The Morgan fingerprint density at radius 3 is 2.35 bits per heavy atom. The van der Waals surface area contributed by atoms with Crippen molar-refractivity contribution in [2.24, 2.45) is 0 Å². The fourth-order valence-electron chi connectivity index (χ4n) is 2.55. The van der Waals surface area contributed by atoms with Gasteiger partial charge in [-0.05, 0) is 0 Å². The number of rotatable bonds is 8. The van der Waals surface area contributed by atoms with E-state index in [0.29, 0.717) is 0 Å². The maximum Gasteiger partial charge on any atom is 0.272 e. The first kappa shape index (κ1) is 19.8. The molecule has 0 radical (unpaired) electrons. The molecule has 10 heteroatoms. The molecule has 0 bridgehead atoms. The molecule has 10 nitrogen and oxygen atoms in total. The van der Waals surface area contributed by atoms with Crippen LogP contribution in [0, 0.1) is 0 Å². The van der Waals surface area contributed by atoms with E-state index in [4.69, 9.17) is 4.74 Å². The number of hydrogen-bond acceptors (Lipinski definition) is 7. The number of nitrogens with one attached hydrogen (secondary N) is 2. The third-order valence-electron chi connectivity index (χ3n) is 3.83. The van der Waals surface area contributed by atoms with Crippen molar-refractivity contribution in [1.29, 1.82) is 0 Å². The summed E-state index contributed by atoms with van der Waals surface area (Å²) in [5, 5.41) is 34.4. The normalized spacial score (nSPS) is 24.9. The molecule has 0 spiro atoms. The average molecular weight is 366 g/mol. The fraction of sp³-hybridized carbons (Fsp3) is 0.438. The largest absolute Gasteiger partial charge is 0.394 e. The van der Waals surface area contributed by atoms with Gasteiger partial charge in [0.15, 0.2) is 11.9 Å². The number of imidazole rings is 1. The highest BCUT2D eigenvalue weighted by molar-refractivity contribution is 6.05. The Hall–Kier alpha value is -2.53. The number of aliphatic hydroxyl groups excluding tert-OH is 3. The first-order valence-corrected chi connectivity index (χ1v) is 7.93. The van der Waals surface area contributed by atoms with Gasteiger partial charge in [0.25, 0.3) is 11.8 Å². The molecular weight excluding hydrogens is 344 g/mol. The molecule has 2 heterocycles. The van der Waals surface area contributed by atoms with Crippen LogP contribution in [0.15, 0.2) is 31.6 Å². The molecule has 26 heavy (non-hydrogen) atoms. The number of nitrogens with zero attached hydrogens (tertiary/aromatic N) is 2. The second-order valence-corrected chi connectivity index (χ2v) is 5.58. The van der Waals surface area contributed by atoms with Gasteiger partial charge in [-0.3, -0.25) is 14.2 Å². The molecule has 1 fully saturated rings. The molecule has 0 saturated carbocycles. The first-order chi connectivity index (χ1) is 12.5. The van der Waals surface area contributed by atoms with Gasteiger partial charge in [-0.1, -0.05) is 12.2 Å². The smallest absolute Gasteiger partial charge is 0.272 e. The van der Waals surface area contributed by atoms with Crippen molar-refractivity contribution in [3.05, 3.63) is 43.0 Å². The zero-order valence-corrected chi connectivity index (χ0v) is 14.0. The summed E-state index contributed by atoms with van der Waals surface area (Å²) in [5.74, 6) is -1.25. The number of carbonyl (C=O) groups is 2. The lowest BCUT2D eigenvalue weighted by atomic mass is 10.1. The molecule has 1 aliphatic rings. The molecule has 2 rings (SSSR count). The summed E-state index contributed by atoms with van der Waals surface area (Å²) in [6.45, 7) is 6.80. The van der Waals surface area contributed by atoms with Crippen LogP contribution in [-0.4, -0.2) is 74.7 Å². The first-order valence-electron chi connectivity index (χ1n) is 7.93. The lowest BCUT2D eigenvalue weighted by Gasteiger charge is -2.19. The number of aromatic nitrogens is 2. The highest BCUT2D eigenvalue weighted by atomic mass is 16.6. The van der Waals surface area contributed by atoms with Crippen LogP contribution in [0.4, 0.5) is 0 Å². The van der Waals surface area contributed by atoms with E-state index in [1.54, 1.807) is 0 Å². The molecule has 1 aromatic heterocycles. The van der Waals surface area contributed by atoms with Crippen LogP contribution in [0.2, 0.25) is 0 Å². The molecule has 1 aliphatic heterocycles. The van der Waals surface area contributed by atoms with Crippen LogP contribution >= 0.6 is 0 Å². The zero-order chi connectivity index (χ0) is 19.3. The predicted octanol–water partition coefficient (Wildman–Crippen LogP) is -1.67. The Kier molecular flexibility index (Phi) is 6.64. The lowest BCUT2D eigenvalue weighted by molar-refractivity contribution is -0.0535. The van der Waals surface area contributed by atoms with Gasteiger partial charge >= 0.3 is 0 Å². The Labute approximate surface area is 149 Å². The minimum atomic E-state index is -1.42. The van der Waals surface area contributed by atoms with Crippen LogP contribution in [-0.2, 0) is 4.74 Å². The van der Waals surface area contributed by atoms with Gasteiger partial charge in [-0.25, -0.2) is 4.98 Å². The summed E-state index contributed by atoms with van der Waals surface area (Å²) >= 11 is 0. The van der Waals surface area contributed by atoms with Gasteiger partial charge in [0.2, 0.25) is 0 Å². The average Bonchev–Trinajstić information content (AvgIpc) is 3.19. The van der Waals surface area contributed by atoms with Gasteiger partial charge in [0, 0.05) is 13.1 Å². The van der Waals surface area contributed by atoms with Crippen molar-refractivity contribution in [2.45, 2.75) is 24.5 Å². The van der Waals surface area contributed by atoms with Crippen LogP contribution < -0.4 is 10.6 Å². The topological polar surface area (TPSA) is 146 Å². The molecular formula is C16H22N4O6. The van der Waals surface area contributed by atoms with E-state index >= 15 is 0 Å². The monoisotopic (exact) mass is 366 g/mol. The summed E-state index contributed by atoms with van der Waals surface area (Å²) in [7, 11) is 0. The number of carbonyl (C=O) groups excluding carboxylic acids is 2. The van der Waals surface area contributed by atoms with Crippen LogP contribution in [0.3, 0.4) is 0 Å². The third-order valence-corrected chi connectivity index (χ3v) is 3.83. The Bertz CT molecular complexity index is 688. The minimum absolute atomic E-state index is 0.147. The van der Waals surface area contributed by atoms with Gasteiger partial charge < -0.3 is 30.7 Å². The van der Waals surface area contributed by atoms with E-state index in [9.17, 15) is 24.9 Å². The standard InChI is InChI=1S/C16H22N4O6/c1-3-5-17-14(24)10-11(15(25)18-6-4-2)20(8-19-10)16-13(23)12(22)9(7-21)26-16/h3-4,8-9,12-13,16,21-23H,1-2,5-7H2,(H,17,24)(H,18,25)/t9-,12-,13-,16-/m1/s1. The molecule has 1 saturated heterocycles. The highest BCUT2D eigenvalue weighted by Crippen LogP contribution is 2.31. The molecule has 2 amide bonds. The molecule has 4 atom stereocenters. The van der Waals surface area contributed by atoms with Crippen molar-refractivity contribution in [2.75, 3.05) is 19.7 Å². The van der Waals surface area contributed by atoms with Gasteiger partial charge in [-0.2, -0.15) is 0 Å². The number of amides is 2. The van der Waals surface area contributed by atoms with Crippen LogP contribution in [0.1, 0.15) is 27.2 Å². The van der Waals surface area contributed by atoms with E-state index in [-0.39, 0.29) is 24.5 Å². The van der Waals surface area contributed by atoms with Crippen molar-refractivity contribution >= 4 is 11.8 Å². The Balaban J connectivity index is 2.41. The number of hydrogen-bond donors (Lipinski definition) is 5. The molecule has 0 aromatic carbocycles. The van der Waals surface area contributed by atoms with Gasteiger partial charge in [0.1, 0.15) is 24.0 Å². The second kappa shape index (κ2) is 8.72. The van der Waals surface area contributed by atoms with Crippen LogP contribution in [0.5, 0.6) is 0 Å². The molecule has 1 aromatic rings. The van der Waals surface area contributed by atoms with E-state index in [2.05, 4.69) is 28.8 Å². The number of aliphatic hydroxyl groups is 3. The molecule has 5 N–H and O–H groups in total. The van der Waals surface area contributed by atoms with E-state index in [0.717, 1.165) is 10.9 Å². The molecule has 0 aliphatic carbocycles. The van der Waals surface area contributed by atoms with E-state index in [1.807, 2.05) is 0 Å².